The monoisotopic (exact) mass is 179 g/mol. The van der Waals surface area contributed by atoms with Crippen LogP contribution in [0.1, 0.15) is 18.5 Å². The second-order valence-corrected chi connectivity index (χ2v) is 3.19. The van der Waals surface area contributed by atoms with E-state index < -0.39 is 0 Å². The van der Waals surface area contributed by atoms with Crippen LogP contribution in [0.5, 0.6) is 0 Å². The van der Waals surface area contributed by atoms with E-state index in [1.807, 2.05) is 13.1 Å². The van der Waals surface area contributed by atoms with Crippen LogP contribution < -0.4 is 11.3 Å². The Kier molecular flexibility index (Phi) is 2.02. The number of amidine groups is 1. The average Bonchev–Trinajstić information content (AvgIpc) is 2.85. The summed E-state index contributed by atoms with van der Waals surface area (Å²) in [7, 11) is 1.87. The van der Waals surface area contributed by atoms with Crippen molar-refractivity contribution in [2.75, 3.05) is 0 Å². The molecule has 0 atom stereocenters. The zero-order chi connectivity index (χ0) is 9.26. The Hall–Kier alpha value is -1.36. The molecule has 1 heterocycles. The molecule has 70 valence electrons. The first-order chi connectivity index (χ1) is 6.31. The van der Waals surface area contributed by atoms with E-state index in [2.05, 4.69) is 15.5 Å². The Morgan fingerprint density at radius 3 is 3.00 bits per heavy atom. The van der Waals surface area contributed by atoms with Crippen molar-refractivity contribution in [3.05, 3.63) is 18.0 Å². The first-order valence-electron chi connectivity index (χ1n) is 4.34. The molecule has 0 aliphatic heterocycles. The van der Waals surface area contributed by atoms with Gasteiger partial charge in [-0.3, -0.25) is 9.67 Å². The van der Waals surface area contributed by atoms with Crippen molar-refractivity contribution in [1.82, 2.24) is 15.2 Å². The van der Waals surface area contributed by atoms with E-state index >= 15 is 0 Å². The third-order valence-electron chi connectivity index (χ3n) is 2.06. The topological polar surface area (TPSA) is 68.2 Å². The lowest BCUT2D eigenvalue weighted by molar-refractivity contribution is 0.752. The second kappa shape index (κ2) is 3.18. The summed E-state index contributed by atoms with van der Waals surface area (Å²) in [6, 6.07) is 2.35. The van der Waals surface area contributed by atoms with E-state index in [0.29, 0.717) is 6.04 Å². The number of aliphatic imine (C=N–C) groups is 1. The van der Waals surface area contributed by atoms with Crippen LogP contribution in [-0.2, 0) is 7.05 Å². The van der Waals surface area contributed by atoms with Gasteiger partial charge in [0.25, 0.3) is 0 Å². The van der Waals surface area contributed by atoms with Crippen molar-refractivity contribution < 1.29 is 0 Å². The molecule has 2 rings (SSSR count). The van der Waals surface area contributed by atoms with Crippen molar-refractivity contribution in [3.8, 4) is 0 Å². The van der Waals surface area contributed by atoms with Gasteiger partial charge in [0.2, 0.25) is 0 Å². The Balaban J connectivity index is 2.25. The first kappa shape index (κ1) is 8.25. The highest BCUT2D eigenvalue weighted by Gasteiger charge is 2.21. The van der Waals surface area contributed by atoms with E-state index in [1.165, 1.54) is 12.8 Å². The molecule has 3 N–H and O–H groups in total. The summed E-state index contributed by atoms with van der Waals surface area (Å²) >= 11 is 0. The van der Waals surface area contributed by atoms with Gasteiger partial charge in [-0.2, -0.15) is 5.10 Å². The van der Waals surface area contributed by atoms with Gasteiger partial charge in [-0.1, -0.05) is 0 Å². The highest BCUT2D eigenvalue weighted by molar-refractivity contribution is 5.97. The molecule has 0 radical (unpaired) electrons. The van der Waals surface area contributed by atoms with E-state index in [1.54, 1.807) is 10.9 Å². The molecule has 1 aliphatic carbocycles. The molecular formula is C8H13N5. The number of aromatic nitrogens is 2. The molecule has 0 spiro atoms. The summed E-state index contributed by atoms with van der Waals surface area (Å²) in [6.45, 7) is 0. The maximum absolute atomic E-state index is 5.39. The minimum atomic E-state index is 0.459. The van der Waals surface area contributed by atoms with Gasteiger partial charge < -0.3 is 5.43 Å². The fourth-order valence-corrected chi connectivity index (χ4v) is 1.17. The van der Waals surface area contributed by atoms with E-state index in [9.17, 15) is 0 Å². The SMILES string of the molecule is Cn1nccc1C(=NC1CC1)NN. The van der Waals surface area contributed by atoms with Crippen molar-refractivity contribution in [2.24, 2.45) is 17.9 Å². The van der Waals surface area contributed by atoms with Crippen LogP contribution in [0.4, 0.5) is 0 Å². The number of hydrazine groups is 1. The summed E-state index contributed by atoms with van der Waals surface area (Å²) < 4.78 is 1.75. The molecule has 13 heavy (non-hydrogen) atoms. The zero-order valence-electron chi connectivity index (χ0n) is 7.57. The fourth-order valence-electron chi connectivity index (χ4n) is 1.17. The summed E-state index contributed by atoms with van der Waals surface area (Å²) in [5.74, 6) is 6.11. The maximum Gasteiger partial charge on any atom is 0.161 e. The zero-order valence-corrected chi connectivity index (χ0v) is 7.57. The van der Waals surface area contributed by atoms with Gasteiger partial charge in [-0.15, -0.1) is 0 Å². The summed E-state index contributed by atoms with van der Waals surface area (Å²) in [5.41, 5.74) is 3.53. The minimum absolute atomic E-state index is 0.459. The average molecular weight is 179 g/mol. The van der Waals surface area contributed by atoms with Gasteiger partial charge in [0, 0.05) is 13.2 Å². The molecule has 1 saturated carbocycles. The lowest BCUT2D eigenvalue weighted by Crippen LogP contribution is -2.33. The molecule has 1 fully saturated rings. The molecule has 5 heteroatoms. The number of hydrogen-bond acceptors (Lipinski definition) is 3. The third kappa shape index (κ3) is 1.70. The molecular weight excluding hydrogens is 166 g/mol. The summed E-state index contributed by atoms with van der Waals surface area (Å²) in [5, 5.41) is 4.05. The van der Waals surface area contributed by atoms with Crippen LogP contribution in [0.3, 0.4) is 0 Å². The second-order valence-electron chi connectivity index (χ2n) is 3.19. The van der Waals surface area contributed by atoms with Gasteiger partial charge in [0.05, 0.1) is 6.04 Å². The highest BCUT2D eigenvalue weighted by Crippen LogP contribution is 2.23. The van der Waals surface area contributed by atoms with Crippen LogP contribution in [0, 0.1) is 0 Å². The van der Waals surface area contributed by atoms with Crippen LogP contribution in [0.25, 0.3) is 0 Å². The summed E-state index contributed by atoms with van der Waals surface area (Å²) in [6.07, 6.45) is 4.07. The highest BCUT2D eigenvalue weighted by atomic mass is 15.3. The standard InChI is InChI=1S/C8H13N5/c1-13-7(4-5-10-13)8(12-9)11-6-2-3-6/h4-6H,2-3,9H2,1H3,(H,11,12). The fraction of sp³-hybridized carbons (Fsp3) is 0.500. The number of rotatable bonds is 2. The Morgan fingerprint density at radius 2 is 2.54 bits per heavy atom. The predicted molar refractivity (Wildman–Crippen MR) is 50.1 cm³/mol. The van der Waals surface area contributed by atoms with Crippen LogP contribution in [0.15, 0.2) is 17.3 Å². The maximum atomic E-state index is 5.39. The molecule has 1 aliphatic rings. The predicted octanol–water partition coefficient (Wildman–Crippen LogP) is -0.208. The lowest BCUT2D eigenvalue weighted by Gasteiger charge is -2.04. The molecule has 1 aromatic rings. The van der Waals surface area contributed by atoms with Crippen LogP contribution >= 0.6 is 0 Å². The number of hydrogen-bond donors (Lipinski definition) is 2. The Labute approximate surface area is 76.6 Å². The Morgan fingerprint density at radius 1 is 1.77 bits per heavy atom. The number of nitrogens with two attached hydrogens (primary N) is 1. The third-order valence-corrected chi connectivity index (χ3v) is 2.06. The van der Waals surface area contributed by atoms with Crippen molar-refractivity contribution in [2.45, 2.75) is 18.9 Å². The molecule has 0 amide bonds. The van der Waals surface area contributed by atoms with Crippen molar-refractivity contribution in [1.29, 1.82) is 0 Å². The number of nitrogens with zero attached hydrogens (tertiary/aromatic N) is 3. The van der Waals surface area contributed by atoms with Crippen molar-refractivity contribution >= 4 is 5.84 Å². The van der Waals surface area contributed by atoms with Crippen molar-refractivity contribution in [3.63, 3.8) is 0 Å². The molecule has 0 saturated heterocycles. The Bertz CT molecular complexity index is 323. The largest absolute Gasteiger partial charge is 0.307 e. The molecule has 1 aromatic heterocycles. The van der Waals surface area contributed by atoms with Gasteiger partial charge >= 0.3 is 0 Å². The van der Waals surface area contributed by atoms with Crippen LogP contribution in [-0.4, -0.2) is 21.7 Å². The van der Waals surface area contributed by atoms with Gasteiger partial charge in [-0.05, 0) is 18.9 Å². The number of aryl methyl sites for hydroxylation is 1. The summed E-state index contributed by atoms with van der Waals surface area (Å²) in [4.78, 5) is 4.43. The molecule has 0 bridgehead atoms. The molecule has 0 unspecified atom stereocenters. The number of nitrogens with one attached hydrogen (secondary N) is 1. The molecule has 0 aromatic carbocycles. The quantitative estimate of drug-likeness (QED) is 0.286. The lowest BCUT2D eigenvalue weighted by atomic mass is 10.4. The van der Waals surface area contributed by atoms with E-state index in [-0.39, 0.29) is 0 Å². The van der Waals surface area contributed by atoms with Crippen LogP contribution in [0.2, 0.25) is 0 Å². The normalized spacial score (nSPS) is 17.5. The van der Waals surface area contributed by atoms with E-state index in [4.69, 9.17) is 5.84 Å². The minimum Gasteiger partial charge on any atom is -0.307 e. The van der Waals surface area contributed by atoms with Gasteiger partial charge in [-0.25, -0.2) is 5.84 Å². The smallest absolute Gasteiger partial charge is 0.161 e. The first-order valence-corrected chi connectivity index (χ1v) is 4.34. The van der Waals surface area contributed by atoms with Gasteiger partial charge in [0.15, 0.2) is 5.84 Å². The molecule has 5 nitrogen and oxygen atoms in total. The van der Waals surface area contributed by atoms with Gasteiger partial charge in [0.1, 0.15) is 5.69 Å². The van der Waals surface area contributed by atoms with E-state index in [0.717, 1.165) is 11.5 Å².